The van der Waals surface area contributed by atoms with Crippen molar-refractivity contribution in [2.24, 2.45) is 0 Å². The second kappa shape index (κ2) is 9.69. The topological polar surface area (TPSA) is 153 Å². The average molecular weight is 486 g/mol. The fourth-order valence-electron chi connectivity index (χ4n) is 3.63. The van der Waals surface area contributed by atoms with E-state index in [2.05, 4.69) is 15.0 Å². The minimum Gasteiger partial charge on any atom is -0.355 e. The van der Waals surface area contributed by atoms with Gasteiger partial charge in [-0.25, -0.2) is 18.1 Å². The Morgan fingerprint density at radius 3 is 2.65 bits per heavy atom. The maximum atomic E-state index is 12.9. The highest BCUT2D eigenvalue weighted by Crippen LogP contribution is 2.34. The first-order valence-electron chi connectivity index (χ1n) is 10.8. The molecule has 0 unspecified atom stereocenters. The van der Waals surface area contributed by atoms with Gasteiger partial charge in [0.1, 0.15) is 5.82 Å². The molecule has 4 rings (SSSR count). The molecule has 0 radical (unpaired) electrons. The first kappa shape index (κ1) is 23.5. The van der Waals surface area contributed by atoms with Crippen LogP contribution in [0, 0.1) is 10.1 Å². The highest BCUT2D eigenvalue weighted by molar-refractivity contribution is 7.89. The first-order chi connectivity index (χ1) is 16.3. The van der Waals surface area contributed by atoms with Crippen molar-refractivity contribution >= 4 is 32.5 Å². The van der Waals surface area contributed by atoms with E-state index in [1.54, 1.807) is 28.8 Å². The number of carbonyl (C=O) groups is 1. The number of para-hydroxylation sites is 1. The minimum atomic E-state index is -3.96. The molecular weight excluding hydrogens is 462 g/mol. The lowest BCUT2D eigenvalue weighted by Crippen LogP contribution is -2.35. The molecule has 0 bridgehead atoms. The van der Waals surface area contributed by atoms with Gasteiger partial charge in [-0.3, -0.25) is 24.3 Å². The highest BCUT2D eigenvalue weighted by Gasteiger charge is 2.28. The van der Waals surface area contributed by atoms with E-state index in [4.69, 9.17) is 0 Å². The lowest BCUT2D eigenvalue weighted by atomic mass is 10.2. The number of hydrogen-bond acceptors (Lipinski definition) is 7. The van der Waals surface area contributed by atoms with Crippen molar-refractivity contribution in [3.8, 4) is 0 Å². The third-order valence-electron chi connectivity index (χ3n) is 5.45. The molecule has 0 atom stereocenters. The Labute approximate surface area is 195 Å². The molecule has 2 aromatic carbocycles. The Morgan fingerprint density at radius 1 is 1.15 bits per heavy atom. The van der Waals surface area contributed by atoms with Crippen LogP contribution in [0.3, 0.4) is 0 Å². The van der Waals surface area contributed by atoms with Gasteiger partial charge in [-0.15, -0.1) is 0 Å². The zero-order chi connectivity index (χ0) is 24.3. The number of nitro groups is 1. The molecule has 12 heteroatoms. The number of hydrogen-bond donors (Lipinski definition) is 2. The van der Waals surface area contributed by atoms with E-state index in [0.717, 1.165) is 18.9 Å². The summed E-state index contributed by atoms with van der Waals surface area (Å²) in [6.07, 6.45) is 2.19. The van der Waals surface area contributed by atoms with Gasteiger partial charge in [0, 0.05) is 44.1 Å². The SMILES string of the molecule is O=C(CCc1nc2ccccc2c(=O)n1C1CC1)NCCNS(=O)(=O)c1cccc([N+](=O)[O-])c1. The highest BCUT2D eigenvalue weighted by atomic mass is 32.2. The van der Waals surface area contributed by atoms with Crippen LogP contribution >= 0.6 is 0 Å². The van der Waals surface area contributed by atoms with Crippen molar-refractivity contribution in [1.29, 1.82) is 0 Å². The van der Waals surface area contributed by atoms with Crippen LogP contribution in [-0.2, 0) is 21.2 Å². The molecule has 3 aromatic rings. The molecule has 2 N–H and O–H groups in total. The molecule has 1 fully saturated rings. The third-order valence-corrected chi connectivity index (χ3v) is 6.91. The minimum absolute atomic E-state index is 0.0353. The first-order valence-corrected chi connectivity index (χ1v) is 12.3. The van der Waals surface area contributed by atoms with Gasteiger partial charge in [0.15, 0.2) is 0 Å². The molecule has 1 heterocycles. The van der Waals surface area contributed by atoms with Crippen molar-refractivity contribution < 1.29 is 18.1 Å². The largest absolute Gasteiger partial charge is 0.355 e. The zero-order valence-electron chi connectivity index (χ0n) is 18.1. The number of aromatic nitrogens is 2. The number of carbonyl (C=O) groups excluding carboxylic acids is 1. The van der Waals surface area contributed by atoms with Gasteiger partial charge in [-0.2, -0.15) is 0 Å². The lowest BCUT2D eigenvalue weighted by molar-refractivity contribution is -0.385. The van der Waals surface area contributed by atoms with Crippen LogP contribution in [0.1, 0.15) is 31.1 Å². The number of aryl methyl sites for hydroxylation is 1. The molecule has 1 aliphatic rings. The van der Waals surface area contributed by atoms with Crippen molar-refractivity contribution in [2.45, 2.75) is 36.6 Å². The normalized spacial score (nSPS) is 13.6. The van der Waals surface area contributed by atoms with E-state index >= 15 is 0 Å². The van der Waals surface area contributed by atoms with Crippen molar-refractivity contribution in [1.82, 2.24) is 19.6 Å². The second-order valence-corrected chi connectivity index (χ2v) is 9.72. The number of fused-ring (bicyclic) bond motifs is 1. The van der Waals surface area contributed by atoms with Gasteiger partial charge >= 0.3 is 0 Å². The third kappa shape index (κ3) is 5.29. The van der Waals surface area contributed by atoms with Crippen LogP contribution < -0.4 is 15.6 Å². The molecule has 0 aliphatic heterocycles. The zero-order valence-corrected chi connectivity index (χ0v) is 19.0. The number of nitro benzene ring substituents is 1. The summed E-state index contributed by atoms with van der Waals surface area (Å²) in [5.41, 5.74) is 0.164. The number of non-ortho nitro benzene ring substituents is 1. The van der Waals surface area contributed by atoms with Crippen molar-refractivity contribution in [2.75, 3.05) is 13.1 Å². The fourth-order valence-corrected chi connectivity index (χ4v) is 4.70. The molecule has 0 spiro atoms. The Bertz CT molecular complexity index is 1410. The predicted octanol–water partition coefficient (Wildman–Crippen LogP) is 1.67. The fraction of sp³-hybridized carbons (Fsp3) is 0.318. The van der Waals surface area contributed by atoms with E-state index in [9.17, 15) is 28.1 Å². The molecule has 0 saturated heterocycles. The van der Waals surface area contributed by atoms with Crippen LogP contribution in [0.5, 0.6) is 0 Å². The van der Waals surface area contributed by atoms with Crippen molar-refractivity contribution in [3.05, 3.63) is 74.8 Å². The number of benzene rings is 2. The summed E-state index contributed by atoms with van der Waals surface area (Å²) >= 11 is 0. The van der Waals surface area contributed by atoms with E-state index in [1.165, 1.54) is 18.2 Å². The maximum Gasteiger partial charge on any atom is 0.270 e. The number of sulfonamides is 1. The van der Waals surface area contributed by atoms with Gasteiger partial charge < -0.3 is 5.32 Å². The lowest BCUT2D eigenvalue weighted by Gasteiger charge is -2.13. The summed E-state index contributed by atoms with van der Waals surface area (Å²) in [4.78, 5) is 39.7. The number of rotatable bonds is 10. The molecule has 1 aliphatic carbocycles. The van der Waals surface area contributed by atoms with Gasteiger partial charge in [0.2, 0.25) is 15.9 Å². The Balaban J connectivity index is 1.32. The maximum absolute atomic E-state index is 12.9. The van der Waals surface area contributed by atoms with Crippen LogP contribution in [0.25, 0.3) is 10.9 Å². The average Bonchev–Trinajstić information content (AvgIpc) is 3.66. The predicted molar refractivity (Wildman–Crippen MR) is 124 cm³/mol. The molecule has 34 heavy (non-hydrogen) atoms. The summed E-state index contributed by atoms with van der Waals surface area (Å²) < 4.78 is 28.6. The van der Waals surface area contributed by atoms with E-state index in [0.29, 0.717) is 16.7 Å². The monoisotopic (exact) mass is 485 g/mol. The summed E-state index contributed by atoms with van der Waals surface area (Å²) in [5.74, 6) is 0.257. The summed E-state index contributed by atoms with van der Waals surface area (Å²) in [6.45, 7) is -0.0503. The second-order valence-electron chi connectivity index (χ2n) is 7.95. The van der Waals surface area contributed by atoms with Gasteiger partial charge in [0.25, 0.3) is 11.2 Å². The number of amides is 1. The standard InChI is InChI=1S/C22H23N5O6S/c28-21(23-12-13-24-34(32,33)17-5-3-4-16(14-17)27(30)31)11-10-20-25-19-7-2-1-6-18(19)22(29)26(20)15-8-9-15/h1-7,14-15,24H,8-13H2,(H,23,28). The molecule has 11 nitrogen and oxygen atoms in total. The van der Waals surface area contributed by atoms with Crippen LogP contribution in [0.2, 0.25) is 0 Å². The summed E-state index contributed by atoms with van der Waals surface area (Å²) in [7, 11) is -3.96. The van der Waals surface area contributed by atoms with Gasteiger partial charge in [-0.1, -0.05) is 18.2 Å². The molecule has 1 aromatic heterocycles. The Kier molecular flexibility index (Phi) is 6.70. The van der Waals surface area contributed by atoms with Crippen LogP contribution in [0.4, 0.5) is 5.69 Å². The molecule has 1 amide bonds. The molecule has 178 valence electrons. The van der Waals surface area contributed by atoms with E-state index in [-0.39, 0.29) is 54.0 Å². The Hall–Kier alpha value is -3.64. The smallest absolute Gasteiger partial charge is 0.270 e. The molecule has 1 saturated carbocycles. The number of nitrogens with one attached hydrogen (secondary N) is 2. The quantitative estimate of drug-likeness (QED) is 0.252. The van der Waals surface area contributed by atoms with Gasteiger partial charge in [0.05, 0.1) is 20.7 Å². The van der Waals surface area contributed by atoms with E-state index < -0.39 is 14.9 Å². The summed E-state index contributed by atoms with van der Waals surface area (Å²) in [5, 5.41) is 14.0. The van der Waals surface area contributed by atoms with E-state index in [1.807, 2.05) is 0 Å². The number of nitrogens with zero attached hydrogens (tertiary/aromatic N) is 3. The van der Waals surface area contributed by atoms with Crippen LogP contribution in [-0.4, -0.2) is 41.9 Å². The summed E-state index contributed by atoms with van der Waals surface area (Å²) in [6, 6.07) is 11.9. The molecular formula is C22H23N5O6S. The van der Waals surface area contributed by atoms with Crippen molar-refractivity contribution in [3.63, 3.8) is 0 Å². The Morgan fingerprint density at radius 2 is 1.91 bits per heavy atom. The van der Waals surface area contributed by atoms with Crippen LogP contribution in [0.15, 0.2) is 58.2 Å². The van der Waals surface area contributed by atoms with Gasteiger partial charge in [-0.05, 0) is 31.0 Å².